The summed E-state index contributed by atoms with van der Waals surface area (Å²) in [7, 11) is -13.4. The van der Waals surface area contributed by atoms with Gasteiger partial charge in [0.2, 0.25) is 0 Å². The van der Waals surface area contributed by atoms with Crippen LogP contribution in [0.1, 0.15) is 16.7 Å². The third kappa shape index (κ3) is 10.9. The molecule has 0 amide bonds. The molecule has 3 rings (SSSR count). The SMILES string of the molecule is Cc1c(N)cc(S(=O)(=O)[O-])cc1Cl.Cc1c(N)cc(S(=O)(=O)[O-])cc1Cl.Cc1c(N)cc(S(=O)(=O)[O-])cc1Cl.[Ni+3]. The zero-order valence-electron chi connectivity index (χ0n) is 20.5. The Balaban J connectivity index is 0.000000563. The number of hydrogen-bond donors (Lipinski definition) is 3. The van der Waals surface area contributed by atoms with E-state index in [0.29, 0.717) is 16.7 Å². The van der Waals surface area contributed by atoms with Crippen molar-refractivity contribution in [1.82, 2.24) is 0 Å². The Kier molecular flexibility index (Phi) is 13.7. The summed E-state index contributed by atoms with van der Waals surface area (Å²) >= 11 is 16.9. The third-order valence-electron chi connectivity index (χ3n) is 4.94. The van der Waals surface area contributed by atoms with Crippen LogP contribution in [0.25, 0.3) is 0 Å². The average molecular weight is 721 g/mol. The second-order valence-corrected chi connectivity index (χ2v) is 13.1. The molecule has 0 aliphatic rings. The van der Waals surface area contributed by atoms with E-state index in [1.54, 1.807) is 20.8 Å². The Morgan fingerprint density at radius 3 is 0.800 bits per heavy atom. The minimum atomic E-state index is -4.48. The summed E-state index contributed by atoms with van der Waals surface area (Å²) in [4.78, 5) is -1.21. The molecule has 3 aromatic rings. The molecule has 0 saturated heterocycles. The molecule has 3 aromatic carbocycles. The monoisotopic (exact) mass is 718 g/mol. The van der Waals surface area contributed by atoms with Crippen molar-refractivity contribution in [2.75, 3.05) is 17.2 Å². The minimum absolute atomic E-state index is 0. The standard InChI is InChI=1S/3C7H8ClNO3S.Ni/c3*1-4-6(8)2-5(3-7(4)9)13(10,11)12;/h3*2-3H,9H2,1H3,(H,10,11,12);/q;;;+3/p-3. The molecule has 223 valence electrons. The molecule has 0 unspecified atom stereocenters. The number of benzene rings is 3. The van der Waals surface area contributed by atoms with Crippen molar-refractivity contribution in [2.24, 2.45) is 0 Å². The Hall–Kier alpha value is -1.85. The summed E-state index contributed by atoms with van der Waals surface area (Å²) in [5.41, 5.74) is 18.6. The smallest absolute Gasteiger partial charge is 0.744 e. The summed E-state index contributed by atoms with van der Waals surface area (Å²) < 4.78 is 95.2. The fourth-order valence-corrected chi connectivity index (χ4v) is 4.93. The number of halogens is 3. The first-order chi connectivity index (χ1) is 17.5. The Bertz CT molecular complexity index is 1460. The van der Waals surface area contributed by atoms with Crippen molar-refractivity contribution in [3.63, 3.8) is 0 Å². The van der Waals surface area contributed by atoms with Crippen LogP contribution in [-0.2, 0) is 46.8 Å². The van der Waals surface area contributed by atoms with E-state index in [4.69, 9.17) is 52.0 Å². The number of hydrogen-bond acceptors (Lipinski definition) is 12. The summed E-state index contributed by atoms with van der Waals surface area (Å²) in [6, 6.07) is 6.58. The van der Waals surface area contributed by atoms with Crippen molar-refractivity contribution < 1.29 is 55.4 Å². The maximum atomic E-state index is 10.6. The van der Waals surface area contributed by atoms with E-state index in [9.17, 15) is 38.9 Å². The number of anilines is 3. The average Bonchev–Trinajstić information content (AvgIpc) is 2.77. The predicted molar refractivity (Wildman–Crippen MR) is 146 cm³/mol. The van der Waals surface area contributed by atoms with E-state index in [1.807, 2.05) is 0 Å². The molecular formula is C21H21Cl3N3NiO9S3. The van der Waals surface area contributed by atoms with Crippen LogP contribution < -0.4 is 17.2 Å². The van der Waals surface area contributed by atoms with Crippen molar-refractivity contribution in [3.8, 4) is 0 Å². The zero-order valence-corrected chi connectivity index (χ0v) is 26.3. The van der Waals surface area contributed by atoms with Gasteiger partial charge in [-0.3, -0.25) is 0 Å². The van der Waals surface area contributed by atoms with Gasteiger partial charge in [0.05, 0.1) is 14.7 Å². The first-order valence-corrected chi connectivity index (χ1v) is 15.4. The fraction of sp³-hybridized carbons (Fsp3) is 0.143. The van der Waals surface area contributed by atoms with E-state index >= 15 is 0 Å². The summed E-state index contributed by atoms with van der Waals surface area (Å²) in [6.45, 7) is 4.91. The zero-order chi connectivity index (χ0) is 30.7. The van der Waals surface area contributed by atoms with Gasteiger partial charge in [-0.05, 0) is 73.9 Å². The van der Waals surface area contributed by atoms with Gasteiger partial charge in [-0.1, -0.05) is 34.8 Å². The molecule has 0 bridgehead atoms. The quantitative estimate of drug-likeness (QED) is 0.200. The van der Waals surface area contributed by atoms with Gasteiger partial charge >= 0.3 is 16.5 Å². The summed E-state index contributed by atoms with van der Waals surface area (Å²) in [5, 5.41) is 0.526. The van der Waals surface area contributed by atoms with E-state index in [-0.39, 0.29) is 48.6 Å². The second kappa shape index (κ2) is 14.4. The Labute approximate surface area is 257 Å². The molecule has 0 atom stereocenters. The molecule has 12 nitrogen and oxygen atoms in total. The van der Waals surface area contributed by atoms with Gasteiger partial charge in [0, 0.05) is 32.1 Å². The van der Waals surface area contributed by atoms with Crippen molar-refractivity contribution in [3.05, 3.63) is 68.2 Å². The largest absolute Gasteiger partial charge is 3.00 e. The summed E-state index contributed by atoms with van der Waals surface area (Å²) in [6.07, 6.45) is 0. The number of nitrogen functional groups attached to an aromatic ring is 3. The van der Waals surface area contributed by atoms with Crippen LogP contribution in [-0.4, -0.2) is 38.9 Å². The number of rotatable bonds is 3. The van der Waals surface area contributed by atoms with E-state index in [0.717, 1.165) is 36.4 Å². The van der Waals surface area contributed by atoms with Gasteiger partial charge < -0.3 is 30.9 Å². The van der Waals surface area contributed by atoms with Crippen molar-refractivity contribution >= 4 is 82.2 Å². The maximum Gasteiger partial charge on any atom is 3.00 e. The van der Waals surface area contributed by atoms with Gasteiger partial charge in [-0.2, -0.15) is 0 Å². The second-order valence-electron chi connectivity index (χ2n) is 7.72. The molecule has 0 fully saturated rings. The fourth-order valence-electron chi connectivity index (χ4n) is 2.46. The molecule has 19 heteroatoms. The van der Waals surface area contributed by atoms with Crippen molar-refractivity contribution in [2.45, 2.75) is 35.5 Å². The maximum absolute atomic E-state index is 10.6. The van der Waals surface area contributed by atoms with Gasteiger partial charge in [-0.25, -0.2) is 25.3 Å². The van der Waals surface area contributed by atoms with Crippen LogP contribution in [0.15, 0.2) is 51.1 Å². The van der Waals surface area contributed by atoms with Crippen LogP contribution in [0.3, 0.4) is 0 Å². The molecular weight excluding hydrogens is 699 g/mol. The summed E-state index contributed by atoms with van der Waals surface area (Å²) in [5.74, 6) is 0. The third-order valence-corrected chi connectivity index (χ3v) is 8.56. The molecule has 0 aliphatic carbocycles. The topological polar surface area (TPSA) is 250 Å². The molecule has 0 spiro atoms. The Morgan fingerprint density at radius 2 is 0.675 bits per heavy atom. The molecule has 0 aliphatic heterocycles. The van der Waals surface area contributed by atoms with Crippen LogP contribution >= 0.6 is 34.8 Å². The first kappa shape index (κ1) is 38.2. The molecule has 1 radical (unpaired) electrons. The van der Waals surface area contributed by atoms with Crippen LogP contribution in [0, 0.1) is 20.8 Å². The van der Waals surface area contributed by atoms with Gasteiger partial charge in [0.25, 0.3) is 0 Å². The molecule has 6 N–H and O–H groups in total. The minimum Gasteiger partial charge on any atom is -0.744 e. The molecule has 0 heterocycles. The van der Waals surface area contributed by atoms with Gasteiger partial charge in [-0.15, -0.1) is 0 Å². The normalized spacial score (nSPS) is 11.3. The number of nitrogens with two attached hydrogens (primary N) is 3. The van der Waals surface area contributed by atoms with Crippen molar-refractivity contribution in [1.29, 1.82) is 0 Å². The first-order valence-electron chi connectivity index (χ1n) is 10.0. The van der Waals surface area contributed by atoms with Crippen LogP contribution in [0.4, 0.5) is 17.1 Å². The molecule has 0 aromatic heterocycles. The van der Waals surface area contributed by atoms with Gasteiger partial charge in [0.1, 0.15) is 30.4 Å². The molecule has 0 saturated carbocycles. The van der Waals surface area contributed by atoms with E-state index < -0.39 is 45.0 Å². The van der Waals surface area contributed by atoms with Crippen LogP contribution in [0.2, 0.25) is 15.1 Å². The van der Waals surface area contributed by atoms with E-state index in [1.165, 1.54) is 0 Å². The van der Waals surface area contributed by atoms with Gasteiger partial charge in [0.15, 0.2) is 0 Å². The van der Waals surface area contributed by atoms with Crippen LogP contribution in [0.5, 0.6) is 0 Å². The van der Waals surface area contributed by atoms with E-state index in [2.05, 4.69) is 0 Å². The Morgan fingerprint density at radius 1 is 0.500 bits per heavy atom. The predicted octanol–water partition coefficient (Wildman–Crippen LogP) is 3.40. The molecule has 40 heavy (non-hydrogen) atoms.